The molecule has 6 nitrogen and oxygen atoms in total. The zero-order chi connectivity index (χ0) is 16.4. The lowest BCUT2D eigenvalue weighted by Crippen LogP contribution is -2.04. The molecule has 1 aromatic carbocycles. The first-order valence-electron chi connectivity index (χ1n) is 7.69. The molecule has 3 aromatic heterocycles. The van der Waals surface area contributed by atoms with Crippen LogP contribution in [0.4, 0.5) is 5.82 Å². The van der Waals surface area contributed by atoms with E-state index in [2.05, 4.69) is 44.7 Å². The number of hydrogen-bond acceptors (Lipinski definition) is 6. The normalized spacial score (nSPS) is 11.2. The zero-order valence-corrected chi connectivity index (χ0v) is 13.8. The second-order valence-corrected chi connectivity index (χ2v) is 6.46. The van der Waals surface area contributed by atoms with E-state index in [4.69, 9.17) is 10.7 Å². The molecule has 0 bridgehead atoms. The van der Waals surface area contributed by atoms with Crippen molar-refractivity contribution in [2.24, 2.45) is 0 Å². The monoisotopic (exact) mass is 336 g/mol. The molecule has 0 fully saturated rings. The van der Waals surface area contributed by atoms with Crippen LogP contribution < -0.4 is 5.73 Å². The third-order valence-corrected chi connectivity index (χ3v) is 4.80. The van der Waals surface area contributed by atoms with E-state index in [0.717, 1.165) is 34.6 Å². The highest BCUT2D eigenvalue weighted by atomic mass is 32.1. The molecule has 0 amide bonds. The van der Waals surface area contributed by atoms with Gasteiger partial charge in [-0.3, -0.25) is 0 Å². The Kier molecular flexibility index (Phi) is 3.92. The second-order valence-electron chi connectivity index (χ2n) is 5.52. The van der Waals surface area contributed by atoms with Crippen LogP contribution in [0.3, 0.4) is 0 Å². The van der Waals surface area contributed by atoms with Gasteiger partial charge in [-0.05, 0) is 12.0 Å². The number of hydrogen-bond donors (Lipinski definition) is 1. The minimum Gasteiger partial charge on any atom is -0.383 e. The summed E-state index contributed by atoms with van der Waals surface area (Å²) in [5.74, 6) is 0.452. The quantitative estimate of drug-likeness (QED) is 0.606. The highest BCUT2D eigenvalue weighted by molar-refractivity contribution is 7.09. The molecule has 0 aliphatic carbocycles. The average molecular weight is 336 g/mol. The first kappa shape index (κ1) is 14.8. The molecule has 120 valence electrons. The number of aromatic nitrogens is 5. The van der Waals surface area contributed by atoms with Crippen molar-refractivity contribution in [3.63, 3.8) is 0 Å². The fourth-order valence-electron chi connectivity index (χ4n) is 2.61. The molecule has 0 saturated heterocycles. The average Bonchev–Trinajstić information content (AvgIpc) is 3.23. The van der Waals surface area contributed by atoms with Crippen molar-refractivity contribution < 1.29 is 0 Å². The van der Waals surface area contributed by atoms with E-state index in [1.165, 1.54) is 11.9 Å². The summed E-state index contributed by atoms with van der Waals surface area (Å²) in [4.78, 5) is 13.0. The fraction of sp³-hybridized carbons (Fsp3) is 0.176. The number of nitrogen functional groups attached to an aromatic ring is 1. The van der Waals surface area contributed by atoms with Gasteiger partial charge in [0.2, 0.25) is 0 Å². The molecular formula is C17H16N6S. The van der Waals surface area contributed by atoms with Gasteiger partial charge in [-0.2, -0.15) is 5.10 Å². The second kappa shape index (κ2) is 6.37. The van der Waals surface area contributed by atoms with Crippen LogP contribution in [0.15, 0.2) is 48.2 Å². The SMILES string of the molecule is Nc1ncnc2c1cnn2Cc1csc(CCc2ccccc2)n1. The number of benzene rings is 1. The van der Waals surface area contributed by atoms with Crippen LogP contribution in [-0.2, 0) is 19.4 Å². The third kappa shape index (κ3) is 2.98. The summed E-state index contributed by atoms with van der Waals surface area (Å²) in [7, 11) is 0. The summed E-state index contributed by atoms with van der Waals surface area (Å²) in [6.07, 6.45) is 5.11. The summed E-state index contributed by atoms with van der Waals surface area (Å²) < 4.78 is 1.81. The van der Waals surface area contributed by atoms with Crippen molar-refractivity contribution in [3.8, 4) is 0 Å². The molecule has 0 saturated carbocycles. The third-order valence-electron chi connectivity index (χ3n) is 3.85. The van der Waals surface area contributed by atoms with E-state index in [1.807, 2.05) is 10.7 Å². The highest BCUT2D eigenvalue weighted by Gasteiger charge is 2.10. The molecule has 4 rings (SSSR count). The van der Waals surface area contributed by atoms with E-state index >= 15 is 0 Å². The lowest BCUT2D eigenvalue weighted by molar-refractivity contribution is 0.689. The van der Waals surface area contributed by atoms with Crippen LogP contribution in [0.5, 0.6) is 0 Å². The Bertz CT molecular complexity index is 960. The molecule has 4 aromatic rings. The number of anilines is 1. The van der Waals surface area contributed by atoms with Crippen LogP contribution >= 0.6 is 11.3 Å². The maximum absolute atomic E-state index is 5.84. The number of thiazole rings is 1. The first-order chi connectivity index (χ1) is 11.8. The van der Waals surface area contributed by atoms with Gasteiger partial charge in [0.1, 0.15) is 12.1 Å². The summed E-state index contributed by atoms with van der Waals surface area (Å²) in [6.45, 7) is 0.585. The Morgan fingerprint density at radius 2 is 1.96 bits per heavy atom. The molecule has 0 unspecified atom stereocenters. The van der Waals surface area contributed by atoms with E-state index in [-0.39, 0.29) is 0 Å². The molecule has 0 spiro atoms. The number of rotatable bonds is 5. The van der Waals surface area contributed by atoms with Crippen LogP contribution in [0.1, 0.15) is 16.3 Å². The number of fused-ring (bicyclic) bond motifs is 1. The lowest BCUT2D eigenvalue weighted by atomic mass is 10.1. The van der Waals surface area contributed by atoms with Crippen LogP contribution in [-0.4, -0.2) is 24.7 Å². The van der Waals surface area contributed by atoms with Gasteiger partial charge in [0.05, 0.1) is 28.8 Å². The molecule has 0 atom stereocenters. The minimum atomic E-state index is 0.452. The summed E-state index contributed by atoms with van der Waals surface area (Å²) in [5, 5.41) is 8.35. The maximum atomic E-state index is 5.84. The highest BCUT2D eigenvalue weighted by Crippen LogP contribution is 2.18. The molecule has 0 aliphatic heterocycles. The van der Waals surface area contributed by atoms with Crippen molar-refractivity contribution in [3.05, 3.63) is 64.5 Å². The Morgan fingerprint density at radius 3 is 2.83 bits per heavy atom. The Morgan fingerprint density at radius 1 is 1.08 bits per heavy atom. The van der Waals surface area contributed by atoms with E-state index in [1.54, 1.807) is 17.5 Å². The van der Waals surface area contributed by atoms with Gasteiger partial charge >= 0.3 is 0 Å². The lowest BCUT2D eigenvalue weighted by Gasteiger charge is -2.00. The van der Waals surface area contributed by atoms with Gasteiger partial charge in [0.15, 0.2) is 5.65 Å². The number of nitrogens with zero attached hydrogens (tertiary/aromatic N) is 5. The predicted molar refractivity (Wildman–Crippen MR) is 94.8 cm³/mol. The van der Waals surface area contributed by atoms with Gasteiger partial charge < -0.3 is 5.73 Å². The van der Waals surface area contributed by atoms with Crippen molar-refractivity contribution in [1.29, 1.82) is 0 Å². The van der Waals surface area contributed by atoms with Gasteiger partial charge in [0, 0.05) is 11.8 Å². The van der Waals surface area contributed by atoms with Crippen LogP contribution in [0, 0.1) is 0 Å². The molecule has 2 N–H and O–H groups in total. The van der Waals surface area contributed by atoms with E-state index in [9.17, 15) is 0 Å². The Labute approximate surface area is 143 Å². The largest absolute Gasteiger partial charge is 0.383 e. The molecule has 24 heavy (non-hydrogen) atoms. The van der Waals surface area contributed by atoms with Gasteiger partial charge in [-0.25, -0.2) is 19.6 Å². The molecule has 7 heteroatoms. The van der Waals surface area contributed by atoms with E-state index < -0.39 is 0 Å². The zero-order valence-electron chi connectivity index (χ0n) is 13.0. The van der Waals surface area contributed by atoms with E-state index in [0.29, 0.717) is 12.4 Å². The Hall–Kier alpha value is -2.80. The summed E-state index contributed by atoms with van der Waals surface area (Å²) in [6, 6.07) is 10.5. The first-order valence-corrected chi connectivity index (χ1v) is 8.57. The standard InChI is InChI=1S/C17H16N6S/c18-16-14-8-21-23(17(14)20-11-19-16)9-13-10-24-15(22-13)7-6-12-4-2-1-3-5-12/h1-5,8,10-11H,6-7,9H2,(H2,18,19,20). The topological polar surface area (TPSA) is 82.5 Å². The fourth-order valence-corrected chi connectivity index (χ4v) is 3.40. The molecule has 3 heterocycles. The molecule has 0 radical (unpaired) electrons. The van der Waals surface area contributed by atoms with Crippen molar-refractivity contribution in [1.82, 2.24) is 24.7 Å². The summed E-state index contributed by atoms with van der Waals surface area (Å²) in [5.41, 5.74) is 8.91. The van der Waals surface area contributed by atoms with Crippen molar-refractivity contribution in [2.45, 2.75) is 19.4 Å². The van der Waals surface area contributed by atoms with Gasteiger partial charge in [0.25, 0.3) is 0 Å². The smallest absolute Gasteiger partial charge is 0.163 e. The van der Waals surface area contributed by atoms with Crippen molar-refractivity contribution in [2.75, 3.05) is 5.73 Å². The number of nitrogens with two attached hydrogens (primary N) is 1. The molecule has 0 aliphatic rings. The van der Waals surface area contributed by atoms with Crippen LogP contribution in [0.2, 0.25) is 0 Å². The van der Waals surface area contributed by atoms with Crippen LogP contribution in [0.25, 0.3) is 11.0 Å². The van der Waals surface area contributed by atoms with Gasteiger partial charge in [-0.1, -0.05) is 30.3 Å². The number of aryl methyl sites for hydroxylation is 2. The Balaban J connectivity index is 1.47. The molecular weight excluding hydrogens is 320 g/mol. The minimum absolute atomic E-state index is 0.452. The maximum Gasteiger partial charge on any atom is 0.163 e. The summed E-state index contributed by atoms with van der Waals surface area (Å²) >= 11 is 1.69. The predicted octanol–water partition coefficient (Wildman–Crippen LogP) is 2.70. The van der Waals surface area contributed by atoms with Crippen molar-refractivity contribution >= 4 is 28.2 Å². The van der Waals surface area contributed by atoms with Gasteiger partial charge in [-0.15, -0.1) is 11.3 Å².